The standard InChI is InChI=1S/C25H24BrF3N2O4S/c26-17-9-11-19(12-10-17)31(18-5-2-1-3-6-18)23-8-4-7-22(24(23)32)30-36(33,34)21-15-13-20(14-16-21)35-25(27,28)29/h1-3,5-6,9-16,22-24,30,32H,4,7-8H2/t22-,23+,24+/m0/s1. The van der Waals surface area contributed by atoms with Crippen molar-refractivity contribution in [1.82, 2.24) is 4.72 Å². The van der Waals surface area contributed by atoms with Gasteiger partial charge in [0, 0.05) is 15.8 Å². The van der Waals surface area contributed by atoms with E-state index in [1.807, 2.05) is 59.5 Å². The van der Waals surface area contributed by atoms with Gasteiger partial charge in [0.2, 0.25) is 10.0 Å². The van der Waals surface area contributed by atoms with Gasteiger partial charge in [0.1, 0.15) is 5.75 Å². The van der Waals surface area contributed by atoms with Gasteiger partial charge in [-0.15, -0.1) is 13.2 Å². The van der Waals surface area contributed by atoms with Crippen molar-refractivity contribution in [3.8, 4) is 5.75 Å². The number of nitrogens with zero attached hydrogens (tertiary/aromatic N) is 1. The number of para-hydroxylation sites is 1. The van der Waals surface area contributed by atoms with Gasteiger partial charge in [0.05, 0.1) is 23.1 Å². The van der Waals surface area contributed by atoms with Gasteiger partial charge in [0.15, 0.2) is 0 Å². The molecule has 0 aromatic heterocycles. The average Bonchev–Trinajstić information content (AvgIpc) is 2.83. The zero-order chi connectivity index (χ0) is 25.9. The lowest BCUT2D eigenvalue weighted by Crippen LogP contribution is -2.55. The van der Waals surface area contributed by atoms with E-state index in [1.54, 1.807) is 0 Å². The Hall–Kier alpha value is -2.60. The maximum absolute atomic E-state index is 13.0. The van der Waals surface area contributed by atoms with Crippen LogP contribution >= 0.6 is 15.9 Å². The number of hydrogen-bond acceptors (Lipinski definition) is 5. The molecule has 6 nitrogen and oxygen atoms in total. The van der Waals surface area contributed by atoms with E-state index in [0.29, 0.717) is 19.3 Å². The predicted octanol–water partition coefficient (Wildman–Crippen LogP) is 5.75. The first-order valence-electron chi connectivity index (χ1n) is 11.2. The molecule has 0 amide bonds. The van der Waals surface area contributed by atoms with Crippen molar-refractivity contribution in [2.45, 2.75) is 48.7 Å². The highest BCUT2D eigenvalue weighted by atomic mass is 79.9. The fourth-order valence-corrected chi connectivity index (χ4v) is 5.93. The highest BCUT2D eigenvalue weighted by molar-refractivity contribution is 9.10. The van der Waals surface area contributed by atoms with Gasteiger partial charge in [-0.25, -0.2) is 13.1 Å². The Labute approximate surface area is 215 Å². The minimum atomic E-state index is -4.88. The molecule has 1 saturated carbocycles. The van der Waals surface area contributed by atoms with Crippen LogP contribution in [0.25, 0.3) is 0 Å². The number of aliphatic hydroxyl groups is 1. The lowest BCUT2D eigenvalue weighted by molar-refractivity contribution is -0.274. The molecule has 4 rings (SSSR count). The molecule has 0 aliphatic heterocycles. The van der Waals surface area contributed by atoms with E-state index in [1.165, 1.54) is 0 Å². The molecule has 2 N–H and O–H groups in total. The molecule has 192 valence electrons. The van der Waals surface area contributed by atoms with E-state index in [0.717, 1.165) is 40.1 Å². The fourth-order valence-electron chi connectivity index (χ4n) is 4.38. The van der Waals surface area contributed by atoms with Crippen LogP contribution in [0.5, 0.6) is 5.75 Å². The average molecular weight is 585 g/mol. The van der Waals surface area contributed by atoms with E-state index < -0.39 is 40.3 Å². The van der Waals surface area contributed by atoms with Crippen LogP contribution in [0.2, 0.25) is 0 Å². The van der Waals surface area contributed by atoms with Crippen LogP contribution in [-0.2, 0) is 10.0 Å². The monoisotopic (exact) mass is 584 g/mol. The maximum atomic E-state index is 13.0. The molecule has 0 bridgehead atoms. The summed E-state index contributed by atoms with van der Waals surface area (Å²) in [6.07, 6.45) is -4.22. The Bertz CT molecular complexity index is 1260. The van der Waals surface area contributed by atoms with Crippen LogP contribution in [0.15, 0.2) is 88.2 Å². The lowest BCUT2D eigenvalue weighted by atomic mass is 9.87. The van der Waals surface area contributed by atoms with Gasteiger partial charge in [-0.2, -0.15) is 0 Å². The van der Waals surface area contributed by atoms with Crippen LogP contribution in [0, 0.1) is 0 Å². The third-order valence-electron chi connectivity index (χ3n) is 5.97. The van der Waals surface area contributed by atoms with Gasteiger partial charge in [-0.1, -0.05) is 34.1 Å². The van der Waals surface area contributed by atoms with Crippen LogP contribution in [0.1, 0.15) is 19.3 Å². The lowest BCUT2D eigenvalue weighted by Gasteiger charge is -2.42. The minimum absolute atomic E-state index is 0.223. The third-order valence-corrected chi connectivity index (χ3v) is 8.00. The van der Waals surface area contributed by atoms with Gasteiger partial charge >= 0.3 is 6.36 Å². The van der Waals surface area contributed by atoms with Crippen LogP contribution < -0.4 is 14.4 Å². The van der Waals surface area contributed by atoms with E-state index in [9.17, 15) is 26.7 Å². The number of hydrogen-bond donors (Lipinski definition) is 2. The van der Waals surface area contributed by atoms with Crippen LogP contribution in [0.4, 0.5) is 24.5 Å². The van der Waals surface area contributed by atoms with E-state index in [-0.39, 0.29) is 4.90 Å². The van der Waals surface area contributed by atoms with Crippen molar-refractivity contribution in [1.29, 1.82) is 0 Å². The number of halogens is 4. The minimum Gasteiger partial charge on any atom is -0.406 e. The Kier molecular flexibility index (Phi) is 7.93. The summed E-state index contributed by atoms with van der Waals surface area (Å²) in [5.41, 5.74) is 1.70. The zero-order valence-electron chi connectivity index (χ0n) is 18.9. The number of ether oxygens (including phenoxy) is 1. The smallest absolute Gasteiger partial charge is 0.406 e. The summed E-state index contributed by atoms with van der Waals surface area (Å²) in [6.45, 7) is 0. The van der Waals surface area contributed by atoms with Crippen molar-refractivity contribution in [2.75, 3.05) is 4.90 Å². The first-order valence-corrected chi connectivity index (χ1v) is 13.5. The summed E-state index contributed by atoms with van der Waals surface area (Å²) in [7, 11) is -4.11. The van der Waals surface area contributed by atoms with Crippen molar-refractivity contribution >= 4 is 37.3 Å². The topological polar surface area (TPSA) is 78.9 Å². The molecule has 0 heterocycles. The van der Waals surface area contributed by atoms with Crippen molar-refractivity contribution in [3.63, 3.8) is 0 Å². The molecular formula is C25H24BrF3N2O4S. The number of alkyl halides is 3. The number of aliphatic hydroxyl groups excluding tert-OH is 1. The normalized spacial score (nSPS) is 20.6. The Morgan fingerprint density at radius 2 is 1.53 bits per heavy atom. The molecule has 3 aromatic carbocycles. The molecule has 1 aliphatic rings. The number of rotatable bonds is 7. The second-order valence-electron chi connectivity index (χ2n) is 8.42. The van der Waals surface area contributed by atoms with Crippen molar-refractivity contribution in [2.24, 2.45) is 0 Å². The Balaban J connectivity index is 1.57. The number of benzene rings is 3. The first-order chi connectivity index (χ1) is 17.0. The second-order valence-corrected chi connectivity index (χ2v) is 11.0. The van der Waals surface area contributed by atoms with Gasteiger partial charge in [-0.05, 0) is 79.9 Å². The molecule has 0 spiro atoms. The summed E-state index contributed by atoms with van der Waals surface area (Å²) in [4.78, 5) is 1.78. The summed E-state index contributed by atoms with van der Waals surface area (Å²) < 4.78 is 70.5. The molecular weight excluding hydrogens is 561 g/mol. The quantitative estimate of drug-likeness (QED) is 0.370. The molecule has 1 aliphatic carbocycles. The molecule has 0 unspecified atom stereocenters. The van der Waals surface area contributed by atoms with Gasteiger partial charge in [0.25, 0.3) is 0 Å². The van der Waals surface area contributed by atoms with Crippen LogP contribution in [0.3, 0.4) is 0 Å². The Morgan fingerprint density at radius 1 is 0.917 bits per heavy atom. The second kappa shape index (κ2) is 10.8. The molecule has 1 fully saturated rings. The summed E-state index contributed by atoms with van der Waals surface area (Å²) >= 11 is 3.43. The molecule has 3 atom stereocenters. The summed E-state index contributed by atoms with van der Waals surface area (Å²) in [6, 6.07) is 19.9. The molecule has 36 heavy (non-hydrogen) atoms. The van der Waals surface area contributed by atoms with E-state index in [4.69, 9.17) is 0 Å². The van der Waals surface area contributed by atoms with E-state index >= 15 is 0 Å². The Morgan fingerprint density at radius 3 is 2.14 bits per heavy atom. The van der Waals surface area contributed by atoms with Crippen molar-refractivity contribution < 1.29 is 31.4 Å². The fraction of sp³-hybridized carbons (Fsp3) is 0.280. The first kappa shape index (κ1) is 26.5. The predicted molar refractivity (Wildman–Crippen MR) is 134 cm³/mol. The van der Waals surface area contributed by atoms with E-state index in [2.05, 4.69) is 25.4 Å². The largest absolute Gasteiger partial charge is 0.573 e. The molecule has 0 saturated heterocycles. The molecule has 3 aromatic rings. The number of sulfonamides is 1. The third kappa shape index (κ3) is 6.39. The molecule has 11 heteroatoms. The number of anilines is 2. The van der Waals surface area contributed by atoms with Crippen molar-refractivity contribution in [3.05, 3.63) is 83.3 Å². The SMILES string of the molecule is O=S(=O)(N[C@H]1CCC[C@@H](N(c2ccccc2)c2ccc(Br)cc2)[C@@H]1O)c1ccc(OC(F)(F)F)cc1. The summed E-state index contributed by atoms with van der Waals surface area (Å²) in [5, 5.41) is 11.3. The molecule has 0 radical (unpaired) electrons. The highest BCUT2D eigenvalue weighted by Crippen LogP contribution is 2.35. The highest BCUT2D eigenvalue weighted by Gasteiger charge is 2.38. The number of nitrogens with one attached hydrogen (secondary N) is 1. The van der Waals surface area contributed by atoms with Crippen LogP contribution in [-0.4, -0.2) is 38.1 Å². The zero-order valence-corrected chi connectivity index (χ0v) is 21.3. The maximum Gasteiger partial charge on any atom is 0.573 e. The summed E-state index contributed by atoms with van der Waals surface area (Å²) in [5.74, 6) is -0.521. The van der Waals surface area contributed by atoms with Gasteiger partial charge in [-0.3, -0.25) is 0 Å². The van der Waals surface area contributed by atoms with Gasteiger partial charge < -0.3 is 14.7 Å².